The molecule has 0 aromatic rings. The smallest absolute Gasteiger partial charge is 0.0103 e. The van der Waals surface area contributed by atoms with E-state index in [0.717, 1.165) is 18.1 Å². The molecule has 2 rings (SSSR count). The van der Waals surface area contributed by atoms with Crippen molar-refractivity contribution in [3.63, 3.8) is 0 Å². The molecule has 2 nitrogen and oxygen atoms in total. The van der Waals surface area contributed by atoms with Crippen LogP contribution in [0.4, 0.5) is 0 Å². The van der Waals surface area contributed by atoms with Crippen LogP contribution in [0.25, 0.3) is 0 Å². The Bertz CT molecular complexity index is 262. The Morgan fingerprint density at radius 1 is 1.28 bits per heavy atom. The van der Waals surface area contributed by atoms with Crippen molar-refractivity contribution in [1.82, 2.24) is 10.2 Å². The number of likely N-dealkylation sites (tertiary alicyclic amines) is 1. The van der Waals surface area contributed by atoms with E-state index in [9.17, 15) is 0 Å². The van der Waals surface area contributed by atoms with Crippen molar-refractivity contribution in [3.05, 3.63) is 0 Å². The van der Waals surface area contributed by atoms with Gasteiger partial charge in [0.25, 0.3) is 0 Å². The van der Waals surface area contributed by atoms with Gasteiger partial charge in [0, 0.05) is 24.7 Å². The molecule has 2 heteroatoms. The Morgan fingerprint density at radius 2 is 2.06 bits per heavy atom. The van der Waals surface area contributed by atoms with Gasteiger partial charge in [-0.05, 0) is 57.4 Å². The Morgan fingerprint density at radius 3 is 2.61 bits per heavy atom. The zero-order chi connectivity index (χ0) is 13.2. The third kappa shape index (κ3) is 3.48. The lowest BCUT2D eigenvalue weighted by molar-refractivity contribution is 0.0851. The van der Waals surface area contributed by atoms with Crippen LogP contribution < -0.4 is 5.32 Å². The number of hydrogen-bond donors (Lipinski definition) is 1. The monoisotopic (exact) mass is 252 g/mol. The molecule has 1 aliphatic carbocycles. The summed E-state index contributed by atoms with van der Waals surface area (Å²) in [6.07, 6.45) is 8.19. The lowest BCUT2D eigenvalue weighted by Gasteiger charge is -2.42. The standard InChI is InChI=1S/C16H32N2/c1-5-9-17-14-7-10-18(13(2)11-14)15-6-8-16(3,4)12-15/h13-15,17H,5-12H2,1-4H3. The normalized spacial score (nSPS) is 37.0. The third-order valence-corrected chi connectivity index (χ3v) is 5.02. The zero-order valence-corrected chi connectivity index (χ0v) is 12.8. The maximum Gasteiger partial charge on any atom is 0.0103 e. The fraction of sp³-hybridized carbons (Fsp3) is 1.00. The Balaban J connectivity index is 1.82. The molecule has 1 heterocycles. The quantitative estimate of drug-likeness (QED) is 0.825. The van der Waals surface area contributed by atoms with Gasteiger partial charge in [-0.15, -0.1) is 0 Å². The molecule has 106 valence electrons. The van der Waals surface area contributed by atoms with Gasteiger partial charge >= 0.3 is 0 Å². The third-order valence-electron chi connectivity index (χ3n) is 5.02. The van der Waals surface area contributed by atoms with Crippen LogP contribution in [0.3, 0.4) is 0 Å². The average molecular weight is 252 g/mol. The minimum absolute atomic E-state index is 0.585. The highest BCUT2D eigenvalue weighted by Crippen LogP contribution is 2.41. The van der Waals surface area contributed by atoms with E-state index in [1.54, 1.807) is 0 Å². The molecule has 2 fully saturated rings. The molecule has 3 unspecified atom stereocenters. The first kappa shape index (κ1) is 14.3. The molecular formula is C16H32N2. The van der Waals surface area contributed by atoms with Gasteiger partial charge in [0.2, 0.25) is 0 Å². The molecule has 0 aromatic carbocycles. The Kier molecular flexibility index (Phi) is 4.71. The summed E-state index contributed by atoms with van der Waals surface area (Å²) in [5.41, 5.74) is 0.585. The second-order valence-corrected chi connectivity index (χ2v) is 7.32. The number of hydrogen-bond acceptors (Lipinski definition) is 2. The molecule has 1 N–H and O–H groups in total. The molecular weight excluding hydrogens is 220 g/mol. The second kappa shape index (κ2) is 5.92. The topological polar surface area (TPSA) is 15.3 Å². The van der Waals surface area contributed by atoms with E-state index in [0.29, 0.717) is 5.41 Å². The van der Waals surface area contributed by atoms with E-state index < -0.39 is 0 Å². The maximum atomic E-state index is 3.70. The van der Waals surface area contributed by atoms with E-state index in [1.165, 1.54) is 51.6 Å². The fourth-order valence-corrected chi connectivity index (χ4v) is 3.95. The summed E-state index contributed by atoms with van der Waals surface area (Å²) in [6.45, 7) is 12.1. The van der Waals surface area contributed by atoms with Gasteiger partial charge in [0.1, 0.15) is 0 Å². The van der Waals surface area contributed by atoms with Crippen molar-refractivity contribution in [1.29, 1.82) is 0 Å². The van der Waals surface area contributed by atoms with Crippen molar-refractivity contribution in [2.75, 3.05) is 13.1 Å². The van der Waals surface area contributed by atoms with Crippen LogP contribution in [-0.2, 0) is 0 Å². The van der Waals surface area contributed by atoms with Gasteiger partial charge in [-0.3, -0.25) is 4.90 Å². The summed E-state index contributed by atoms with van der Waals surface area (Å²) >= 11 is 0. The molecule has 1 saturated carbocycles. The first-order valence-electron chi connectivity index (χ1n) is 8.01. The summed E-state index contributed by atoms with van der Waals surface area (Å²) in [5.74, 6) is 0. The molecule has 0 radical (unpaired) electrons. The van der Waals surface area contributed by atoms with E-state index in [2.05, 4.69) is 37.9 Å². The van der Waals surface area contributed by atoms with Gasteiger partial charge in [-0.1, -0.05) is 20.8 Å². The first-order valence-corrected chi connectivity index (χ1v) is 8.01. The molecule has 0 bridgehead atoms. The highest BCUT2D eigenvalue weighted by molar-refractivity contribution is 4.93. The number of piperidine rings is 1. The Labute approximate surface area is 114 Å². The average Bonchev–Trinajstić information content (AvgIpc) is 2.67. The van der Waals surface area contributed by atoms with Gasteiger partial charge in [-0.25, -0.2) is 0 Å². The van der Waals surface area contributed by atoms with Gasteiger partial charge in [0.15, 0.2) is 0 Å². The Hall–Kier alpha value is -0.0800. The summed E-state index contributed by atoms with van der Waals surface area (Å²) in [5, 5.41) is 3.70. The zero-order valence-electron chi connectivity index (χ0n) is 12.8. The SMILES string of the molecule is CCCNC1CCN(C2CCC(C)(C)C2)C(C)C1. The minimum Gasteiger partial charge on any atom is -0.314 e. The molecule has 1 aliphatic heterocycles. The molecule has 0 spiro atoms. The lowest BCUT2D eigenvalue weighted by Crippen LogP contribution is -2.51. The highest BCUT2D eigenvalue weighted by Gasteiger charge is 2.37. The summed E-state index contributed by atoms with van der Waals surface area (Å²) in [7, 11) is 0. The van der Waals surface area contributed by atoms with Crippen LogP contribution in [0.15, 0.2) is 0 Å². The van der Waals surface area contributed by atoms with Crippen molar-refractivity contribution in [2.45, 2.75) is 84.3 Å². The van der Waals surface area contributed by atoms with E-state index in [-0.39, 0.29) is 0 Å². The highest BCUT2D eigenvalue weighted by atomic mass is 15.2. The van der Waals surface area contributed by atoms with Gasteiger partial charge < -0.3 is 5.32 Å². The molecule has 1 saturated heterocycles. The number of nitrogens with zero attached hydrogens (tertiary/aromatic N) is 1. The molecule has 0 aromatic heterocycles. The number of rotatable bonds is 4. The van der Waals surface area contributed by atoms with E-state index in [1.807, 2.05) is 0 Å². The molecule has 3 atom stereocenters. The lowest BCUT2D eigenvalue weighted by atomic mass is 9.90. The van der Waals surface area contributed by atoms with Crippen LogP contribution in [-0.4, -0.2) is 36.1 Å². The summed E-state index contributed by atoms with van der Waals surface area (Å²) in [6, 6.07) is 2.40. The van der Waals surface area contributed by atoms with Crippen molar-refractivity contribution in [3.8, 4) is 0 Å². The fourth-order valence-electron chi connectivity index (χ4n) is 3.95. The minimum atomic E-state index is 0.585. The van der Waals surface area contributed by atoms with Crippen molar-refractivity contribution in [2.24, 2.45) is 5.41 Å². The van der Waals surface area contributed by atoms with E-state index >= 15 is 0 Å². The van der Waals surface area contributed by atoms with Crippen LogP contribution in [0.5, 0.6) is 0 Å². The summed E-state index contributed by atoms with van der Waals surface area (Å²) < 4.78 is 0. The van der Waals surface area contributed by atoms with Crippen LogP contribution in [0.2, 0.25) is 0 Å². The largest absolute Gasteiger partial charge is 0.314 e. The number of nitrogens with one attached hydrogen (secondary N) is 1. The predicted octanol–water partition coefficient (Wildman–Crippen LogP) is 3.42. The van der Waals surface area contributed by atoms with Crippen LogP contribution >= 0.6 is 0 Å². The van der Waals surface area contributed by atoms with Crippen LogP contribution in [0, 0.1) is 5.41 Å². The predicted molar refractivity (Wildman–Crippen MR) is 78.9 cm³/mol. The maximum absolute atomic E-state index is 3.70. The first-order chi connectivity index (χ1) is 8.52. The molecule has 0 amide bonds. The van der Waals surface area contributed by atoms with Gasteiger partial charge in [-0.2, -0.15) is 0 Å². The van der Waals surface area contributed by atoms with Crippen LogP contribution in [0.1, 0.15) is 66.2 Å². The van der Waals surface area contributed by atoms with Gasteiger partial charge in [0.05, 0.1) is 0 Å². The van der Waals surface area contributed by atoms with Crippen molar-refractivity contribution < 1.29 is 0 Å². The summed E-state index contributed by atoms with van der Waals surface area (Å²) in [4.78, 5) is 2.80. The second-order valence-electron chi connectivity index (χ2n) is 7.32. The molecule has 2 aliphatic rings. The molecule has 18 heavy (non-hydrogen) atoms. The van der Waals surface area contributed by atoms with Crippen molar-refractivity contribution >= 4 is 0 Å². The van der Waals surface area contributed by atoms with E-state index in [4.69, 9.17) is 0 Å².